The van der Waals surface area contributed by atoms with Crippen LogP contribution in [0.2, 0.25) is 0 Å². The van der Waals surface area contributed by atoms with Gasteiger partial charge in [0.15, 0.2) is 0 Å². The van der Waals surface area contributed by atoms with Crippen LogP contribution in [-0.4, -0.2) is 78.2 Å². The van der Waals surface area contributed by atoms with Crippen molar-refractivity contribution in [1.82, 2.24) is 24.0 Å². The lowest BCUT2D eigenvalue weighted by molar-refractivity contribution is 0.0641. The highest BCUT2D eigenvalue weighted by molar-refractivity contribution is 7.89. The Labute approximate surface area is 237 Å². The molecule has 1 saturated heterocycles. The van der Waals surface area contributed by atoms with Crippen LogP contribution in [0.3, 0.4) is 0 Å². The van der Waals surface area contributed by atoms with Gasteiger partial charge in [-0.2, -0.15) is 9.40 Å². The normalized spacial score (nSPS) is 16.2. The van der Waals surface area contributed by atoms with E-state index in [0.29, 0.717) is 22.9 Å². The minimum absolute atomic E-state index is 0.166. The van der Waals surface area contributed by atoms with Gasteiger partial charge in [0.25, 0.3) is 5.91 Å². The van der Waals surface area contributed by atoms with E-state index in [0.717, 1.165) is 22.7 Å². The van der Waals surface area contributed by atoms with Gasteiger partial charge in [-0.1, -0.05) is 19.1 Å². The Morgan fingerprint density at radius 1 is 1.07 bits per heavy atom. The second kappa shape index (κ2) is 11.4. The Hall–Kier alpha value is -3.74. The number of amides is 1. The number of benzene rings is 2. The molecule has 0 bridgehead atoms. The lowest BCUT2D eigenvalue weighted by Gasteiger charge is -2.38. The monoisotopic (exact) mass is 581 g/mol. The Morgan fingerprint density at radius 3 is 2.50 bits per heavy atom. The van der Waals surface area contributed by atoms with Crippen LogP contribution in [0.5, 0.6) is 11.5 Å². The third-order valence-corrected chi connectivity index (χ3v) is 9.84. The molecule has 1 aliphatic heterocycles. The van der Waals surface area contributed by atoms with Gasteiger partial charge in [0, 0.05) is 36.6 Å². The fourth-order valence-electron chi connectivity index (χ4n) is 4.87. The van der Waals surface area contributed by atoms with Crippen LogP contribution in [-0.2, 0) is 16.4 Å². The minimum atomic E-state index is -3.71. The summed E-state index contributed by atoms with van der Waals surface area (Å²) in [5.41, 5.74) is 2.99. The van der Waals surface area contributed by atoms with E-state index in [1.165, 1.54) is 22.8 Å². The molecule has 5 rings (SSSR count). The van der Waals surface area contributed by atoms with Crippen molar-refractivity contribution in [3.05, 3.63) is 71.4 Å². The van der Waals surface area contributed by atoms with Gasteiger partial charge in [-0.3, -0.25) is 4.79 Å². The average Bonchev–Trinajstić information content (AvgIpc) is 3.64. The number of nitrogens with zero attached hydrogens (tertiary/aromatic N) is 5. The maximum Gasteiger partial charge on any atom is 0.257 e. The molecule has 210 valence electrons. The van der Waals surface area contributed by atoms with Crippen molar-refractivity contribution in [1.29, 1.82) is 0 Å². The molecule has 4 aromatic rings. The highest BCUT2D eigenvalue weighted by Crippen LogP contribution is 2.29. The summed E-state index contributed by atoms with van der Waals surface area (Å²) in [5, 5.41) is 7.14. The zero-order chi connectivity index (χ0) is 28.4. The number of carbonyl (C=O) groups excluding carboxylic acids is 1. The number of hydrogen-bond donors (Lipinski definition) is 0. The summed E-state index contributed by atoms with van der Waals surface area (Å²) in [4.78, 5) is 20.3. The fraction of sp³-hybridized carbons (Fsp3) is 0.321. The molecule has 1 fully saturated rings. The molecule has 0 radical (unpaired) electrons. The molecule has 1 amide bonds. The van der Waals surface area contributed by atoms with E-state index in [-0.39, 0.29) is 30.4 Å². The van der Waals surface area contributed by atoms with Crippen molar-refractivity contribution in [2.45, 2.75) is 31.2 Å². The summed E-state index contributed by atoms with van der Waals surface area (Å²) >= 11 is 1.45. The Kier molecular flexibility index (Phi) is 7.92. The largest absolute Gasteiger partial charge is 0.497 e. The van der Waals surface area contributed by atoms with Crippen LogP contribution in [0.1, 0.15) is 29.9 Å². The van der Waals surface area contributed by atoms with Crippen LogP contribution in [0, 0.1) is 0 Å². The molecule has 1 unspecified atom stereocenters. The van der Waals surface area contributed by atoms with E-state index in [1.807, 2.05) is 43.5 Å². The number of aromatic nitrogens is 3. The Bertz CT molecular complexity index is 1610. The number of hydrogen-bond acceptors (Lipinski definition) is 8. The lowest BCUT2D eigenvalue weighted by Crippen LogP contribution is -2.55. The van der Waals surface area contributed by atoms with Crippen LogP contribution >= 0.6 is 11.3 Å². The van der Waals surface area contributed by atoms with Crippen LogP contribution in [0.25, 0.3) is 16.4 Å². The highest BCUT2D eigenvalue weighted by Gasteiger charge is 2.36. The Morgan fingerprint density at radius 2 is 1.82 bits per heavy atom. The molecule has 0 N–H and O–H groups in total. The number of ether oxygens (including phenoxy) is 2. The number of methoxy groups -OCH3 is 2. The van der Waals surface area contributed by atoms with Crippen LogP contribution in [0.4, 0.5) is 0 Å². The predicted molar refractivity (Wildman–Crippen MR) is 153 cm³/mol. The van der Waals surface area contributed by atoms with Crippen molar-refractivity contribution < 1.29 is 22.7 Å². The van der Waals surface area contributed by atoms with E-state index in [4.69, 9.17) is 14.5 Å². The minimum Gasteiger partial charge on any atom is -0.497 e. The molecule has 2 aromatic carbocycles. The zero-order valence-electron chi connectivity index (χ0n) is 22.8. The van der Waals surface area contributed by atoms with Gasteiger partial charge in [-0.15, -0.1) is 11.3 Å². The zero-order valence-corrected chi connectivity index (χ0v) is 24.4. The lowest BCUT2D eigenvalue weighted by atomic mass is 10.1. The molecule has 0 spiro atoms. The van der Waals surface area contributed by atoms with Gasteiger partial charge in [0.1, 0.15) is 11.5 Å². The average molecular weight is 582 g/mol. The first-order valence-corrected chi connectivity index (χ1v) is 15.2. The highest BCUT2D eigenvalue weighted by atomic mass is 32.2. The summed E-state index contributed by atoms with van der Waals surface area (Å²) in [7, 11) is -0.551. The van der Waals surface area contributed by atoms with Crippen LogP contribution in [0.15, 0.2) is 65.0 Å². The molecule has 1 aliphatic rings. The summed E-state index contributed by atoms with van der Waals surface area (Å²) in [6.45, 7) is 4.56. The molecule has 1 atom stereocenters. The first kappa shape index (κ1) is 27.8. The van der Waals surface area contributed by atoms with Gasteiger partial charge >= 0.3 is 0 Å². The first-order chi connectivity index (χ1) is 19.3. The summed E-state index contributed by atoms with van der Waals surface area (Å²) in [6, 6.07) is 13.6. The van der Waals surface area contributed by atoms with E-state index < -0.39 is 16.1 Å². The molecule has 0 aliphatic carbocycles. The van der Waals surface area contributed by atoms with Gasteiger partial charge in [0.2, 0.25) is 15.2 Å². The van der Waals surface area contributed by atoms with Crippen LogP contribution < -0.4 is 9.47 Å². The second-order valence-corrected chi connectivity index (χ2v) is 12.1. The number of sulfonamides is 1. The van der Waals surface area contributed by atoms with Crippen molar-refractivity contribution in [3.63, 3.8) is 0 Å². The number of piperazine rings is 1. The second-order valence-electron chi connectivity index (χ2n) is 9.41. The molecular formula is C28H31N5O5S2. The number of rotatable bonds is 8. The number of thiazole rings is 1. The van der Waals surface area contributed by atoms with E-state index in [2.05, 4.69) is 5.10 Å². The summed E-state index contributed by atoms with van der Waals surface area (Å²) in [6.07, 6.45) is 2.16. The van der Waals surface area contributed by atoms with Gasteiger partial charge < -0.3 is 14.4 Å². The molecule has 12 heteroatoms. The Balaban J connectivity index is 1.33. The van der Waals surface area contributed by atoms with Gasteiger partial charge in [-0.25, -0.2) is 18.1 Å². The quantitative estimate of drug-likeness (QED) is 0.308. The van der Waals surface area contributed by atoms with Gasteiger partial charge in [-0.05, 0) is 49.7 Å². The molecular weight excluding hydrogens is 550 g/mol. The molecule has 3 heterocycles. The van der Waals surface area contributed by atoms with Crippen molar-refractivity contribution >= 4 is 27.3 Å². The van der Waals surface area contributed by atoms with E-state index >= 15 is 0 Å². The van der Waals surface area contributed by atoms with Crippen molar-refractivity contribution in [2.24, 2.45) is 0 Å². The van der Waals surface area contributed by atoms with E-state index in [9.17, 15) is 13.2 Å². The van der Waals surface area contributed by atoms with Crippen molar-refractivity contribution in [3.8, 4) is 27.9 Å². The maximum atomic E-state index is 13.6. The third-order valence-electron chi connectivity index (χ3n) is 6.99. The maximum absolute atomic E-state index is 13.6. The smallest absolute Gasteiger partial charge is 0.257 e. The fourth-order valence-corrected chi connectivity index (χ4v) is 7.30. The standard InChI is InChI=1S/C28H31N5O5S2/c1-5-26-24(16-29-33(26)28-30-25(18-39-28)20-7-6-8-22(15-20)38-4)27(34)31-13-14-32(19(2)17-31)40(35,36)23-11-9-21(37-3)10-12-23/h6-12,15-16,18-19H,5,13-14,17H2,1-4H3. The molecule has 2 aromatic heterocycles. The third kappa shape index (κ3) is 5.21. The van der Waals surface area contributed by atoms with Crippen molar-refractivity contribution in [2.75, 3.05) is 33.9 Å². The summed E-state index contributed by atoms with van der Waals surface area (Å²) in [5.74, 6) is 1.17. The number of carbonyl (C=O) groups is 1. The SMILES string of the molecule is CCc1c(C(=O)N2CCN(S(=O)(=O)c3ccc(OC)cc3)C(C)C2)cnn1-c1nc(-c2cccc(OC)c2)cs1. The predicted octanol–water partition coefficient (Wildman–Crippen LogP) is 4.11. The first-order valence-electron chi connectivity index (χ1n) is 12.9. The molecule has 40 heavy (non-hydrogen) atoms. The van der Waals surface area contributed by atoms with E-state index in [1.54, 1.807) is 47.2 Å². The van der Waals surface area contributed by atoms with Gasteiger partial charge in [0.05, 0.1) is 42.3 Å². The summed E-state index contributed by atoms with van der Waals surface area (Å²) < 4.78 is 40.2. The molecule has 10 nitrogen and oxygen atoms in total. The topological polar surface area (TPSA) is 107 Å². The molecule has 0 saturated carbocycles.